The normalized spacial score (nSPS) is 31.9. The number of aromatic nitrogens is 1. The van der Waals surface area contributed by atoms with Crippen LogP contribution in [0.2, 0.25) is 0 Å². The zero-order chi connectivity index (χ0) is 15.3. The van der Waals surface area contributed by atoms with Crippen molar-refractivity contribution in [2.75, 3.05) is 18.4 Å². The summed E-state index contributed by atoms with van der Waals surface area (Å²) >= 11 is 0. The van der Waals surface area contributed by atoms with Gasteiger partial charge < -0.3 is 15.0 Å². The average Bonchev–Trinajstić information content (AvgIpc) is 3.19. The van der Waals surface area contributed by atoms with Crippen molar-refractivity contribution in [2.45, 2.75) is 32.1 Å². The monoisotopic (exact) mass is 299 g/mol. The Morgan fingerprint density at radius 1 is 1.27 bits per heavy atom. The second kappa shape index (κ2) is 5.09. The quantitative estimate of drug-likeness (QED) is 0.867. The lowest BCUT2D eigenvalue weighted by molar-refractivity contribution is 0.0655. The summed E-state index contributed by atoms with van der Waals surface area (Å²) in [6.07, 6.45) is 6.39. The number of anilines is 1. The SMILES string of the molecule is CC(C)Nc1ccc(C(=O)N2CC3C4C=CC(O4)C3C2)cn1. The Hall–Kier alpha value is -1.88. The molecule has 0 spiro atoms. The van der Waals surface area contributed by atoms with Gasteiger partial charge in [-0.2, -0.15) is 0 Å². The van der Waals surface area contributed by atoms with E-state index in [9.17, 15) is 4.79 Å². The molecule has 4 rings (SSSR count). The van der Waals surface area contributed by atoms with Crippen molar-refractivity contribution in [2.24, 2.45) is 11.8 Å². The van der Waals surface area contributed by atoms with Gasteiger partial charge in [0.1, 0.15) is 5.82 Å². The van der Waals surface area contributed by atoms with Crippen molar-refractivity contribution >= 4 is 11.7 Å². The van der Waals surface area contributed by atoms with E-state index in [1.54, 1.807) is 6.20 Å². The van der Waals surface area contributed by atoms with Crippen LogP contribution >= 0.6 is 0 Å². The number of nitrogens with one attached hydrogen (secondary N) is 1. The largest absolute Gasteiger partial charge is 0.368 e. The highest BCUT2D eigenvalue weighted by Crippen LogP contribution is 2.43. The minimum atomic E-state index is 0.0809. The van der Waals surface area contributed by atoms with Gasteiger partial charge in [-0.25, -0.2) is 4.98 Å². The van der Waals surface area contributed by atoms with E-state index < -0.39 is 0 Å². The molecule has 3 aliphatic rings. The molecule has 4 atom stereocenters. The lowest BCUT2D eigenvalue weighted by atomic mass is 9.86. The molecule has 2 bridgehead atoms. The van der Waals surface area contributed by atoms with E-state index in [1.807, 2.05) is 17.0 Å². The molecule has 0 radical (unpaired) electrons. The first-order valence-electron chi connectivity index (χ1n) is 7.97. The minimum absolute atomic E-state index is 0.0809. The lowest BCUT2D eigenvalue weighted by Gasteiger charge is -2.19. The predicted molar refractivity (Wildman–Crippen MR) is 83.7 cm³/mol. The van der Waals surface area contributed by atoms with Gasteiger partial charge in [-0.15, -0.1) is 0 Å². The standard InChI is InChI=1S/C17H21N3O2/c1-10(2)19-16-6-3-11(7-18-16)17(21)20-8-12-13(9-20)15-5-4-14(12)22-15/h3-7,10,12-15H,8-9H2,1-2H3,(H,18,19). The molecule has 0 aromatic carbocycles. The zero-order valence-corrected chi connectivity index (χ0v) is 12.9. The Kier molecular flexibility index (Phi) is 3.18. The molecule has 1 aromatic rings. The van der Waals surface area contributed by atoms with Gasteiger partial charge in [0.25, 0.3) is 5.91 Å². The summed E-state index contributed by atoms with van der Waals surface area (Å²) in [4.78, 5) is 18.9. The zero-order valence-electron chi connectivity index (χ0n) is 12.9. The molecule has 1 N–H and O–H groups in total. The lowest BCUT2D eigenvalue weighted by Crippen LogP contribution is -2.31. The first-order chi connectivity index (χ1) is 10.6. The number of nitrogens with zero attached hydrogens (tertiary/aromatic N) is 2. The molecule has 2 saturated heterocycles. The highest BCUT2D eigenvalue weighted by molar-refractivity contribution is 5.94. The van der Waals surface area contributed by atoms with Crippen molar-refractivity contribution in [3.63, 3.8) is 0 Å². The average molecular weight is 299 g/mol. The Balaban J connectivity index is 1.45. The summed E-state index contributed by atoms with van der Waals surface area (Å²) in [6, 6.07) is 4.06. The third-order valence-electron chi connectivity index (χ3n) is 4.80. The third-order valence-corrected chi connectivity index (χ3v) is 4.80. The highest BCUT2D eigenvalue weighted by Gasteiger charge is 2.51. The Morgan fingerprint density at radius 2 is 1.95 bits per heavy atom. The molecular weight excluding hydrogens is 278 g/mol. The minimum Gasteiger partial charge on any atom is -0.368 e. The summed E-state index contributed by atoms with van der Waals surface area (Å²) in [7, 11) is 0. The van der Waals surface area contributed by atoms with Crippen molar-refractivity contribution < 1.29 is 9.53 Å². The van der Waals surface area contributed by atoms with Gasteiger partial charge in [-0.05, 0) is 26.0 Å². The summed E-state index contributed by atoms with van der Waals surface area (Å²) in [5.41, 5.74) is 0.663. The number of hydrogen-bond acceptors (Lipinski definition) is 4. The van der Waals surface area contributed by atoms with Crippen molar-refractivity contribution in [1.29, 1.82) is 0 Å². The smallest absolute Gasteiger partial charge is 0.255 e. The molecule has 116 valence electrons. The maximum Gasteiger partial charge on any atom is 0.255 e. The van der Waals surface area contributed by atoms with Crippen molar-refractivity contribution in [3.8, 4) is 0 Å². The Bertz CT molecular complexity index is 591. The first kappa shape index (κ1) is 13.8. The molecule has 2 fully saturated rings. The van der Waals surface area contributed by atoms with Gasteiger partial charge >= 0.3 is 0 Å². The number of fused-ring (bicyclic) bond motifs is 5. The Labute approximate surface area is 130 Å². The number of carbonyl (C=O) groups excluding carboxylic acids is 1. The molecule has 0 aliphatic carbocycles. The summed E-state index contributed by atoms with van der Waals surface area (Å²) in [5, 5.41) is 3.23. The molecule has 4 unspecified atom stereocenters. The molecule has 3 aliphatic heterocycles. The van der Waals surface area contributed by atoms with Gasteiger partial charge in [-0.3, -0.25) is 4.79 Å². The van der Waals surface area contributed by atoms with Crippen LogP contribution in [-0.4, -0.2) is 47.1 Å². The fourth-order valence-corrected chi connectivity index (χ4v) is 3.78. The summed E-state index contributed by atoms with van der Waals surface area (Å²) < 4.78 is 5.86. The molecule has 0 saturated carbocycles. The van der Waals surface area contributed by atoms with Crippen molar-refractivity contribution in [3.05, 3.63) is 36.0 Å². The number of rotatable bonds is 3. The number of carbonyl (C=O) groups is 1. The third kappa shape index (κ3) is 2.20. The maximum atomic E-state index is 12.6. The van der Waals surface area contributed by atoms with Gasteiger partial charge in [0.05, 0.1) is 17.8 Å². The van der Waals surface area contributed by atoms with Crippen LogP contribution in [0, 0.1) is 11.8 Å². The summed E-state index contributed by atoms with van der Waals surface area (Å²) in [5.74, 6) is 1.82. The molecule has 4 heterocycles. The van der Waals surface area contributed by atoms with E-state index in [2.05, 4.69) is 36.3 Å². The topological polar surface area (TPSA) is 54.5 Å². The van der Waals surface area contributed by atoms with Crippen LogP contribution in [0.4, 0.5) is 5.82 Å². The van der Waals surface area contributed by atoms with Gasteiger partial charge in [-0.1, -0.05) is 12.2 Å². The van der Waals surface area contributed by atoms with E-state index in [1.165, 1.54) is 0 Å². The number of amides is 1. The Morgan fingerprint density at radius 3 is 2.50 bits per heavy atom. The molecule has 1 amide bonds. The van der Waals surface area contributed by atoms with Gasteiger partial charge in [0, 0.05) is 37.2 Å². The number of hydrogen-bond donors (Lipinski definition) is 1. The van der Waals surface area contributed by atoms with Crippen LogP contribution in [0.5, 0.6) is 0 Å². The first-order valence-corrected chi connectivity index (χ1v) is 7.97. The maximum absolute atomic E-state index is 12.6. The van der Waals surface area contributed by atoms with Crippen LogP contribution in [0.25, 0.3) is 0 Å². The van der Waals surface area contributed by atoms with Crippen LogP contribution in [-0.2, 0) is 4.74 Å². The molecular formula is C17H21N3O2. The molecule has 1 aromatic heterocycles. The van der Waals surface area contributed by atoms with E-state index in [-0.39, 0.29) is 18.1 Å². The molecule has 5 heteroatoms. The van der Waals surface area contributed by atoms with Crippen LogP contribution < -0.4 is 5.32 Å². The fraction of sp³-hybridized carbons (Fsp3) is 0.529. The van der Waals surface area contributed by atoms with E-state index >= 15 is 0 Å². The van der Waals surface area contributed by atoms with Crippen LogP contribution in [0.15, 0.2) is 30.5 Å². The predicted octanol–water partition coefficient (Wildman–Crippen LogP) is 1.93. The highest BCUT2D eigenvalue weighted by atomic mass is 16.5. The van der Waals surface area contributed by atoms with Crippen molar-refractivity contribution in [1.82, 2.24) is 9.88 Å². The van der Waals surface area contributed by atoms with Gasteiger partial charge in [0.15, 0.2) is 0 Å². The fourth-order valence-electron chi connectivity index (χ4n) is 3.78. The van der Waals surface area contributed by atoms with E-state index in [4.69, 9.17) is 4.74 Å². The van der Waals surface area contributed by atoms with Gasteiger partial charge in [0.2, 0.25) is 0 Å². The summed E-state index contributed by atoms with van der Waals surface area (Å²) in [6.45, 7) is 5.71. The second-order valence-electron chi connectivity index (χ2n) is 6.72. The van der Waals surface area contributed by atoms with E-state index in [0.29, 0.717) is 23.4 Å². The molecule has 22 heavy (non-hydrogen) atoms. The number of likely N-dealkylation sites (tertiary alicyclic amines) is 1. The van der Waals surface area contributed by atoms with Crippen LogP contribution in [0.3, 0.4) is 0 Å². The number of pyridine rings is 1. The second-order valence-corrected chi connectivity index (χ2v) is 6.72. The van der Waals surface area contributed by atoms with Crippen LogP contribution in [0.1, 0.15) is 24.2 Å². The molecule has 5 nitrogen and oxygen atoms in total. The van der Waals surface area contributed by atoms with E-state index in [0.717, 1.165) is 18.9 Å². The number of ether oxygens (including phenoxy) is 1.